The second-order valence-electron chi connectivity index (χ2n) is 11.5. The summed E-state index contributed by atoms with van der Waals surface area (Å²) in [5, 5.41) is 0. The number of H-pyrrole nitrogens is 1. The van der Waals surface area contributed by atoms with Gasteiger partial charge in [-0.3, -0.25) is 0 Å². The lowest BCUT2D eigenvalue weighted by Crippen LogP contribution is -2.41. The highest BCUT2D eigenvalue weighted by atomic mass is 15.1. The fraction of sp³-hybridized carbons (Fsp3) is 0.909. The highest BCUT2D eigenvalue weighted by molar-refractivity contribution is 4.90. The van der Waals surface area contributed by atoms with Crippen molar-refractivity contribution in [3.8, 4) is 0 Å². The van der Waals surface area contributed by atoms with Crippen LogP contribution in [0.5, 0.6) is 0 Å². The van der Waals surface area contributed by atoms with Crippen LogP contribution in [0.2, 0.25) is 0 Å². The zero-order chi connectivity index (χ0) is 25.4. The first kappa shape index (κ1) is 32.2. The molecule has 0 saturated heterocycles. The molecular weight excluding hydrogens is 424 g/mol. The predicted octanol–water partition coefficient (Wildman–Crippen LogP) is 11.4. The highest BCUT2D eigenvalue weighted by Crippen LogP contribution is 2.27. The van der Waals surface area contributed by atoms with E-state index in [-0.39, 0.29) is 0 Å². The molecule has 2 nitrogen and oxygen atoms in total. The molecule has 1 heterocycles. The van der Waals surface area contributed by atoms with Gasteiger partial charge < -0.3 is 0 Å². The van der Waals surface area contributed by atoms with Gasteiger partial charge in [-0.2, -0.15) is 0 Å². The molecule has 1 aromatic rings. The summed E-state index contributed by atoms with van der Waals surface area (Å²) in [5.74, 6) is 2.23. The van der Waals surface area contributed by atoms with Crippen LogP contribution in [0, 0.1) is 0 Å². The molecule has 206 valence electrons. The van der Waals surface area contributed by atoms with Crippen LogP contribution in [0.4, 0.5) is 0 Å². The fourth-order valence-corrected chi connectivity index (χ4v) is 5.72. The van der Waals surface area contributed by atoms with Gasteiger partial charge in [-0.25, -0.2) is 9.55 Å². The van der Waals surface area contributed by atoms with Gasteiger partial charge in [0.15, 0.2) is 0 Å². The monoisotopic (exact) mass is 490 g/mol. The van der Waals surface area contributed by atoms with Gasteiger partial charge in [0.05, 0.1) is 12.0 Å². The first-order chi connectivity index (χ1) is 17.2. The molecule has 0 radical (unpaired) electrons. The Morgan fingerprint density at radius 1 is 0.543 bits per heavy atom. The second-order valence-corrected chi connectivity index (χ2v) is 11.5. The molecule has 2 atom stereocenters. The highest BCUT2D eigenvalue weighted by Gasteiger charge is 2.25. The first-order valence-corrected chi connectivity index (χ1v) is 16.3. The number of aromatic nitrogens is 2. The average molecular weight is 490 g/mol. The Morgan fingerprint density at radius 2 is 0.914 bits per heavy atom. The minimum atomic E-state index is 0.623. The van der Waals surface area contributed by atoms with Gasteiger partial charge in [-0.1, -0.05) is 149 Å². The van der Waals surface area contributed by atoms with Crippen molar-refractivity contribution >= 4 is 0 Å². The van der Waals surface area contributed by atoms with E-state index in [1.165, 1.54) is 160 Å². The van der Waals surface area contributed by atoms with E-state index in [1.807, 2.05) is 0 Å². The van der Waals surface area contributed by atoms with Crippen molar-refractivity contribution in [2.75, 3.05) is 0 Å². The number of hydrogen-bond acceptors (Lipinski definition) is 0. The Labute approximate surface area is 221 Å². The topological polar surface area (TPSA) is 19.7 Å². The molecule has 0 aliphatic carbocycles. The third-order valence-corrected chi connectivity index (χ3v) is 8.14. The Hall–Kier alpha value is -0.790. The van der Waals surface area contributed by atoms with Gasteiger partial charge in [0, 0.05) is 0 Å². The lowest BCUT2D eigenvalue weighted by molar-refractivity contribution is -0.727. The van der Waals surface area contributed by atoms with Crippen molar-refractivity contribution in [2.45, 2.75) is 194 Å². The maximum atomic E-state index is 3.68. The summed E-state index contributed by atoms with van der Waals surface area (Å²) in [6, 6.07) is 0.623. The van der Waals surface area contributed by atoms with Crippen LogP contribution in [0.15, 0.2) is 12.4 Å². The lowest BCUT2D eigenvalue weighted by atomic mass is 9.93. The largest absolute Gasteiger partial charge is 0.257 e. The zero-order valence-electron chi connectivity index (χ0n) is 24.7. The predicted molar refractivity (Wildman–Crippen MR) is 156 cm³/mol. The van der Waals surface area contributed by atoms with Gasteiger partial charge in [0.1, 0.15) is 12.4 Å². The van der Waals surface area contributed by atoms with E-state index in [9.17, 15) is 0 Å². The lowest BCUT2D eigenvalue weighted by Gasteiger charge is -2.17. The number of nitrogens with zero attached hydrogens (tertiary/aromatic N) is 1. The molecule has 1 rings (SSSR count). The van der Waals surface area contributed by atoms with Crippen molar-refractivity contribution in [1.82, 2.24) is 4.98 Å². The van der Waals surface area contributed by atoms with Gasteiger partial charge >= 0.3 is 0 Å². The fourth-order valence-electron chi connectivity index (χ4n) is 5.72. The number of unbranched alkanes of at least 4 members (excludes halogenated alkanes) is 18. The molecule has 0 aliphatic heterocycles. The maximum Gasteiger partial charge on any atom is 0.257 e. The summed E-state index contributed by atoms with van der Waals surface area (Å²) in [6.45, 7) is 9.39. The number of nitrogens with one attached hydrogen (secondary N) is 1. The van der Waals surface area contributed by atoms with Gasteiger partial charge in [-0.05, 0) is 32.6 Å². The molecule has 0 bridgehead atoms. The minimum Gasteiger partial charge on any atom is -0.247 e. The Bertz CT molecular complexity index is 549. The third-order valence-electron chi connectivity index (χ3n) is 8.14. The van der Waals surface area contributed by atoms with Gasteiger partial charge in [0.25, 0.3) is 5.82 Å². The van der Waals surface area contributed by atoms with E-state index >= 15 is 0 Å². The maximum absolute atomic E-state index is 3.68. The molecule has 1 N–H and O–H groups in total. The molecule has 0 spiro atoms. The molecule has 35 heavy (non-hydrogen) atoms. The third kappa shape index (κ3) is 16.6. The Balaban J connectivity index is 2.31. The quantitative estimate of drug-likeness (QED) is 0.0985. The van der Waals surface area contributed by atoms with Crippen LogP contribution in [0.3, 0.4) is 0 Å². The van der Waals surface area contributed by atoms with Gasteiger partial charge in [0.2, 0.25) is 0 Å². The van der Waals surface area contributed by atoms with Gasteiger partial charge in [-0.15, -0.1) is 0 Å². The number of hydrogen-bond donors (Lipinski definition) is 1. The van der Waals surface area contributed by atoms with Crippen molar-refractivity contribution in [1.29, 1.82) is 0 Å². The van der Waals surface area contributed by atoms with Crippen molar-refractivity contribution in [3.05, 3.63) is 18.2 Å². The van der Waals surface area contributed by atoms with Crippen LogP contribution in [-0.2, 0) is 0 Å². The molecule has 2 heteroatoms. The molecule has 1 aromatic heterocycles. The van der Waals surface area contributed by atoms with E-state index < -0.39 is 0 Å². The summed E-state index contributed by atoms with van der Waals surface area (Å²) in [5.41, 5.74) is 0. The van der Waals surface area contributed by atoms with Crippen LogP contribution >= 0.6 is 0 Å². The SMILES string of the molecule is CCCCCCCCCCCCCCC(C)[n+]1cc[nH]c1C(CCCCC)CCCCCCCC. The number of imidazole rings is 1. The standard InChI is InChI=1S/C33H64N2/c1-5-8-11-13-15-16-17-18-19-20-21-24-26-31(4)35-30-29-34-33(35)32(27-23-10-7-3)28-25-22-14-12-9-6-2/h29-32H,5-28H2,1-4H3/p+1. The van der Waals surface area contributed by atoms with E-state index in [2.05, 4.69) is 49.6 Å². The first-order valence-electron chi connectivity index (χ1n) is 16.3. The summed E-state index contributed by atoms with van der Waals surface area (Å²) in [6.07, 6.45) is 38.3. The summed E-state index contributed by atoms with van der Waals surface area (Å²) >= 11 is 0. The van der Waals surface area contributed by atoms with Crippen molar-refractivity contribution < 1.29 is 4.57 Å². The van der Waals surface area contributed by atoms with Crippen LogP contribution in [0.1, 0.15) is 200 Å². The number of rotatable bonds is 26. The van der Waals surface area contributed by atoms with E-state index in [1.54, 1.807) is 0 Å². The summed E-state index contributed by atoms with van der Waals surface area (Å²) in [7, 11) is 0. The van der Waals surface area contributed by atoms with E-state index in [0.29, 0.717) is 12.0 Å². The molecular formula is C33H65N2+. The molecule has 0 saturated carbocycles. The summed E-state index contributed by atoms with van der Waals surface area (Å²) in [4.78, 5) is 3.68. The van der Waals surface area contributed by atoms with Crippen LogP contribution in [0.25, 0.3) is 0 Å². The molecule has 0 aliphatic rings. The molecule has 0 aromatic carbocycles. The smallest absolute Gasteiger partial charge is 0.247 e. The van der Waals surface area contributed by atoms with Crippen molar-refractivity contribution in [3.63, 3.8) is 0 Å². The second kappa shape index (κ2) is 23.6. The van der Waals surface area contributed by atoms with E-state index in [0.717, 1.165) is 0 Å². The molecule has 0 amide bonds. The molecule has 0 fully saturated rings. The normalized spacial score (nSPS) is 13.4. The van der Waals surface area contributed by atoms with E-state index in [4.69, 9.17) is 0 Å². The minimum absolute atomic E-state index is 0.623. The number of aromatic amines is 1. The zero-order valence-corrected chi connectivity index (χ0v) is 24.7. The Kier molecular flexibility index (Phi) is 21.7. The van der Waals surface area contributed by atoms with Crippen LogP contribution < -0.4 is 4.57 Å². The average Bonchev–Trinajstić information content (AvgIpc) is 3.35. The summed E-state index contributed by atoms with van der Waals surface area (Å²) < 4.78 is 2.60. The Morgan fingerprint density at radius 3 is 1.40 bits per heavy atom. The van der Waals surface area contributed by atoms with Crippen LogP contribution in [-0.4, -0.2) is 4.98 Å². The van der Waals surface area contributed by atoms with Crippen molar-refractivity contribution in [2.24, 2.45) is 0 Å². The molecule has 2 unspecified atom stereocenters.